The van der Waals surface area contributed by atoms with Crippen LogP contribution < -0.4 is 0 Å². The molecule has 0 amide bonds. The summed E-state index contributed by atoms with van der Waals surface area (Å²) in [4.78, 5) is 1.19. The normalized spacial score (nSPS) is 10.6. The molecule has 0 bridgehead atoms. The number of aromatic nitrogens is 1. The SMILES string of the molecule is Cn1cc(SCCC#N)c2cc(Cl)ccc21. The molecule has 0 fully saturated rings. The molecule has 0 saturated carbocycles. The number of fused-ring (bicyclic) bond motifs is 1. The highest BCUT2D eigenvalue weighted by Crippen LogP contribution is 2.31. The van der Waals surface area contributed by atoms with Crippen molar-refractivity contribution >= 4 is 34.3 Å². The number of nitriles is 1. The van der Waals surface area contributed by atoms with E-state index < -0.39 is 0 Å². The van der Waals surface area contributed by atoms with Gasteiger partial charge in [-0.3, -0.25) is 0 Å². The summed E-state index contributed by atoms with van der Waals surface area (Å²) in [6, 6.07) is 8.04. The molecule has 2 aromatic rings. The predicted octanol–water partition coefficient (Wildman–Crippen LogP) is 3.84. The summed E-state index contributed by atoms with van der Waals surface area (Å²) in [6.45, 7) is 0. The number of rotatable bonds is 3. The maximum Gasteiger partial charge on any atom is 0.0630 e. The molecule has 1 heterocycles. The summed E-state index contributed by atoms with van der Waals surface area (Å²) in [7, 11) is 2.02. The number of benzene rings is 1. The molecule has 82 valence electrons. The largest absolute Gasteiger partial charge is 0.349 e. The fraction of sp³-hybridized carbons (Fsp3) is 0.250. The first-order chi connectivity index (χ1) is 7.72. The lowest BCUT2D eigenvalue weighted by molar-refractivity contribution is 0.957. The van der Waals surface area contributed by atoms with Gasteiger partial charge < -0.3 is 4.57 Å². The lowest BCUT2D eigenvalue weighted by Crippen LogP contribution is -1.82. The van der Waals surface area contributed by atoms with Gasteiger partial charge in [0.05, 0.1) is 6.07 Å². The van der Waals surface area contributed by atoms with Crippen LogP contribution in [-0.2, 0) is 7.05 Å². The molecular weight excluding hydrogens is 240 g/mol. The van der Waals surface area contributed by atoms with E-state index in [9.17, 15) is 0 Å². The topological polar surface area (TPSA) is 28.7 Å². The Hall–Kier alpha value is -1.11. The van der Waals surface area contributed by atoms with Crippen molar-refractivity contribution in [3.05, 3.63) is 29.4 Å². The Morgan fingerprint density at radius 1 is 1.50 bits per heavy atom. The molecule has 0 saturated heterocycles. The van der Waals surface area contributed by atoms with Crippen molar-refractivity contribution in [3.8, 4) is 6.07 Å². The van der Waals surface area contributed by atoms with Crippen molar-refractivity contribution in [1.29, 1.82) is 5.26 Å². The maximum absolute atomic E-state index is 8.52. The van der Waals surface area contributed by atoms with Crippen LogP contribution in [0.2, 0.25) is 5.02 Å². The Morgan fingerprint density at radius 3 is 3.06 bits per heavy atom. The van der Waals surface area contributed by atoms with E-state index in [2.05, 4.69) is 16.8 Å². The summed E-state index contributed by atoms with van der Waals surface area (Å²) < 4.78 is 2.08. The van der Waals surface area contributed by atoms with Gasteiger partial charge in [-0.15, -0.1) is 11.8 Å². The summed E-state index contributed by atoms with van der Waals surface area (Å²) in [5, 5.41) is 10.4. The van der Waals surface area contributed by atoms with Crippen molar-refractivity contribution in [2.24, 2.45) is 7.05 Å². The monoisotopic (exact) mass is 250 g/mol. The van der Waals surface area contributed by atoms with E-state index >= 15 is 0 Å². The van der Waals surface area contributed by atoms with E-state index in [4.69, 9.17) is 16.9 Å². The third kappa shape index (κ3) is 2.18. The van der Waals surface area contributed by atoms with Gasteiger partial charge in [0.25, 0.3) is 0 Å². The molecule has 1 aromatic heterocycles. The molecule has 4 heteroatoms. The number of hydrogen-bond acceptors (Lipinski definition) is 2. The molecular formula is C12H11ClN2S. The zero-order chi connectivity index (χ0) is 11.5. The van der Waals surface area contributed by atoms with Gasteiger partial charge in [0.2, 0.25) is 0 Å². The minimum absolute atomic E-state index is 0.571. The Labute approximate surface area is 104 Å². The smallest absolute Gasteiger partial charge is 0.0630 e. The fourth-order valence-corrected chi connectivity index (χ4v) is 2.79. The van der Waals surface area contributed by atoms with Crippen molar-refractivity contribution in [3.63, 3.8) is 0 Å². The maximum atomic E-state index is 8.52. The standard InChI is InChI=1S/C12H11ClN2S/c1-15-8-12(16-6-2-5-14)10-7-9(13)3-4-11(10)15/h3-4,7-8H,2,6H2,1H3. The highest BCUT2D eigenvalue weighted by atomic mass is 35.5. The average Bonchev–Trinajstić information content (AvgIpc) is 2.56. The average molecular weight is 251 g/mol. The van der Waals surface area contributed by atoms with Crippen molar-refractivity contribution in [2.75, 3.05) is 5.75 Å². The highest BCUT2D eigenvalue weighted by Gasteiger charge is 2.07. The van der Waals surface area contributed by atoms with E-state index in [1.165, 1.54) is 10.4 Å². The third-order valence-corrected chi connectivity index (χ3v) is 3.67. The second kappa shape index (κ2) is 4.82. The summed E-state index contributed by atoms with van der Waals surface area (Å²) in [5.74, 6) is 0.822. The minimum Gasteiger partial charge on any atom is -0.349 e. The van der Waals surface area contributed by atoms with Crippen LogP contribution in [0.25, 0.3) is 10.9 Å². The Kier molecular flexibility index (Phi) is 3.42. The minimum atomic E-state index is 0.571. The first-order valence-electron chi connectivity index (χ1n) is 4.96. The summed E-state index contributed by atoms with van der Waals surface area (Å²) in [6.07, 6.45) is 2.66. The second-order valence-corrected chi connectivity index (χ2v) is 5.10. The molecule has 0 radical (unpaired) electrons. The van der Waals surface area contributed by atoms with E-state index in [0.29, 0.717) is 6.42 Å². The van der Waals surface area contributed by atoms with E-state index in [0.717, 1.165) is 16.2 Å². The van der Waals surface area contributed by atoms with Crippen LogP contribution >= 0.6 is 23.4 Å². The number of aryl methyl sites for hydroxylation is 1. The van der Waals surface area contributed by atoms with E-state index in [-0.39, 0.29) is 0 Å². The van der Waals surface area contributed by atoms with Gasteiger partial charge in [0.1, 0.15) is 0 Å². The van der Waals surface area contributed by atoms with Crippen LogP contribution in [0.5, 0.6) is 0 Å². The molecule has 0 atom stereocenters. The third-order valence-electron chi connectivity index (χ3n) is 2.39. The molecule has 1 aromatic carbocycles. The molecule has 0 aliphatic rings. The molecule has 0 N–H and O–H groups in total. The van der Waals surface area contributed by atoms with Crippen molar-refractivity contribution in [1.82, 2.24) is 4.57 Å². The van der Waals surface area contributed by atoms with E-state index in [1.54, 1.807) is 11.8 Å². The van der Waals surface area contributed by atoms with Gasteiger partial charge in [0, 0.05) is 46.2 Å². The predicted molar refractivity (Wildman–Crippen MR) is 68.9 cm³/mol. The Bertz CT molecular complexity index is 554. The van der Waals surface area contributed by atoms with Crippen molar-refractivity contribution in [2.45, 2.75) is 11.3 Å². The molecule has 0 spiro atoms. The Balaban J connectivity index is 2.38. The van der Waals surface area contributed by atoms with Crippen LogP contribution in [0, 0.1) is 11.3 Å². The highest BCUT2D eigenvalue weighted by molar-refractivity contribution is 7.99. The first-order valence-corrected chi connectivity index (χ1v) is 6.33. The number of thioether (sulfide) groups is 1. The number of hydrogen-bond donors (Lipinski definition) is 0. The first kappa shape index (κ1) is 11.4. The quantitative estimate of drug-likeness (QED) is 0.612. The fourth-order valence-electron chi connectivity index (χ4n) is 1.65. The molecule has 0 unspecified atom stereocenters. The summed E-state index contributed by atoms with van der Waals surface area (Å²) >= 11 is 7.69. The van der Waals surface area contributed by atoms with Gasteiger partial charge in [-0.05, 0) is 18.2 Å². The molecule has 2 nitrogen and oxygen atoms in total. The van der Waals surface area contributed by atoms with Gasteiger partial charge in [-0.2, -0.15) is 5.26 Å². The van der Waals surface area contributed by atoms with Crippen LogP contribution in [0.1, 0.15) is 6.42 Å². The lowest BCUT2D eigenvalue weighted by Gasteiger charge is -1.97. The molecule has 0 aliphatic heterocycles. The van der Waals surface area contributed by atoms with E-state index in [1.807, 2.05) is 25.2 Å². The van der Waals surface area contributed by atoms with Crippen LogP contribution in [0.3, 0.4) is 0 Å². The van der Waals surface area contributed by atoms with Crippen LogP contribution in [0.15, 0.2) is 29.3 Å². The lowest BCUT2D eigenvalue weighted by atomic mass is 10.2. The van der Waals surface area contributed by atoms with Crippen molar-refractivity contribution < 1.29 is 0 Å². The van der Waals surface area contributed by atoms with Crippen LogP contribution in [0.4, 0.5) is 0 Å². The van der Waals surface area contributed by atoms with Gasteiger partial charge in [-0.1, -0.05) is 11.6 Å². The number of nitrogens with zero attached hydrogens (tertiary/aromatic N) is 2. The van der Waals surface area contributed by atoms with Crippen LogP contribution in [-0.4, -0.2) is 10.3 Å². The Morgan fingerprint density at radius 2 is 2.31 bits per heavy atom. The molecule has 16 heavy (non-hydrogen) atoms. The van der Waals surface area contributed by atoms with Gasteiger partial charge in [-0.25, -0.2) is 0 Å². The van der Waals surface area contributed by atoms with Gasteiger partial charge >= 0.3 is 0 Å². The van der Waals surface area contributed by atoms with Gasteiger partial charge in [0.15, 0.2) is 0 Å². The second-order valence-electron chi connectivity index (χ2n) is 3.52. The summed E-state index contributed by atoms with van der Waals surface area (Å²) in [5.41, 5.74) is 1.17. The molecule has 0 aliphatic carbocycles. The zero-order valence-corrected chi connectivity index (χ0v) is 10.5. The zero-order valence-electron chi connectivity index (χ0n) is 8.90. The number of halogens is 1. The molecule has 2 rings (SSSR count).